The third kappa shape index (κ3) is 3.43. The van der Waals surface area contributed by atoms with Crippen molar-refractivity contribution in [3.63, 3.8) is 0 Å². The fraction of sp³-hybridized carbons (Fsp3) is 0.588. The van der Waals surface area contributed by atoms with Crippen molar-refractivity contribution in [1.82, 2.24) is 10.2 Å². The lowest BCUT2D eigenvalue weighted by molar-refractivity contribution is 0.0962. The molecule has 1 aliphatic rings. The van der Waals surface area contributed by atoms with E-state index in [0.717, 1.165) is 13.1 Å². The Morgan fingerprint density at radius 3 is 2.62 bits per heavy atom. The first-order chi connectivity index (χ1) is 10.0. The molecule has 1 aliphatic heterocycles. The molecule has 0 atom stereocenters. The second-order valence-electron chi connectivity index (χ2n) is 6.05. The number of nitrogens with one attached hydrogen (secondary N) is 1. The van der Waals surface area contributed by atoms with Crippen LogP contribution in [-0.2, 0) is 6.54 Å². The minimum Gasteiger partial charge on any atom is -0.355 e. The first kappa shape index (κ1) is 16.0. The predicted octanol–water partition coefficient (Wildman–Crippen LogP) is 3.20. The zero-order valence-corrected chi connectivity index (χ0v) is 13.2. The number of amides is 1. The van der Waals surface area contributed by atoms with Crippen molar-refractivity contribution in [2.75, 3.05) is 20.1 Å². The van der Waals surface area contributed by atoms with Crippen molar-refractivity contribution in [2.24, 2.45) is 5.41 Å². The van der Waals surface area contributed by atoms with Crippen molar-refractivity contribution >= 4 is 5.91 Å². The Hall–Kier alpha value is -1.42. The number of hydrogen-bond donors (Lipinski definition) is 1. The molecule has 0 aromatic heterocycles. The average Bonchev–Trinajstić information content (AvgIpc) is 2.92. The first-order valence-electron chi connectivity index (χ1n) is 7.76. The van der Waals surface area contributed by atoms with E-state index in [9.17, 15) is 9.18 Å². The molecule has 0 saturated carbocycles. The van der Waals surface area contributed by atoms with Gasteiger partial charge in [-0.3, -0.25) is 9.69 Å². The van der Waals surface area contributed by atoms with Crippen LogP contribution >= 0.6 is 0 Å². The second kappa shape index (κ2) is 6.56. The summed E-state index contributed by atoms with van der Waals surface area (Å²) < 4.78 is 14.1. The molecule has 116 valence electrons. The number of hydrogen-bond acceptors (Lipinski definition) is 2. The average molecular weight is 292 g/mol. The maximum absolute atomic E-state index is 14.1. The van der Waals surface area contributed by atoms with Crippen LogP contribution in [-0.4, -0.2) is 30.9 Å². The maximum atomic E-state index is 14.1. The highest BCUT2D eigenvalue weighted by Crippen LogP contribution is 2.37. The van der Waals surface area contributed by atoms with Crippen molar-refractivity contribution in [3.8, 4) is 0 Å². The number of carbonyl (C=O) groups excluding carboxylic acids is 1. The second-order valence-corrected chi connectivity index (χ2v) is 6.05. The molecular weight excluding hydrogens is 267 g/mol. The molecule has 1 fully saturated rings. The van der Waals surface area contributed by atoms with Gasteiger partial charge in [0.2, 0.25) is 0 Å². The fourth-order valence-corrected chi connectivity index (χ4v) is 3.19. The number of likely N-dealkylation sites (tertiary alicyclic amines) is 1. The normalized spacial score (nSPS) is 17.9. The first-order valence-corrected chi connectivity index (χ1v) is 7.76. The Morgan fingerprint density at radius 2 is 2.10 bits per heavy atom. The Labute approximate surface area is 126 Å². The van der Waals surface area contributed by atoms with Gasteiger partial charge in [0.25, 0.3) is 5.91 Å². The number of nitrogens with zero attached hydrogens (tertiary/aromatic N) is 1. The Bertz CT molecular complexity index is 512. The smallest absolute Gasteiger partial charge is 0.251 e. The van der Waals surface area contributed by atoms with Crippen LogP contribution in [0.2, 0.25) is 0 Å². The van der Waals surface area contributed by atoms with Crippen LogP contribution in [0.1, 0.15) is 49.0 Å². The summed E-state index contributed by atoms with van der Waals surface area (Å²) in [5, 5.41) is 2.51. The highest BCUT2D eigenvalue weighted by Gasteiger charge is 2.34. The minimum absolute atomic E-state index is 0.252. The van der Waals surface area contributed by atoms with Crippen LogP contribution < -0.4 is 5.32 Å². The van der Waals surface area contributed by atoms with Gasteiger partial charge in [0.05, 0.1) is 0 Å². The summed E-state index contributed by atoms with van der Waals surface area (Å²) in [7, 11) is 1.55. The SMILES string of the molecule is CCC1(CC)CCN(Cc2ccc(C(=O)NC)cc2F)C1. The van der Waals surface area contributed by atoms with Gasteiger partial charge in [-0.1, -0.05) is 19.9 Å². The molecule has 1 aromatic carbocycles. The standard InChI is InChI=1S/C17H25FN2O/c1-4-17(5-2)8-9-20(12-17)11-14-7-6-13(10-15(14)18)16(21)19-3/h6-7,10H,4-5,8-9,11-12H2,1-3H3,(H,19,21). The van der Waals surface area contributed by atoms with E-state index >= 15 is 0 Å². The number of benzene rings is 1. The van der Waals surface area contributed by atoms with Gasteiger partial charge in [-0.2, -0.15) is 0 Å². The molecule has 1 saturated heterocycles. The lowest BCUT2D eigenvalue weighted by Crippen LogP contribution is -2.26. The van der Waals surface area contributed by atoms with E-state index in [1.165, 1.54) is 25.3 Å². The zero-order valence-electron chi connectivity index (χ0n) is 13.2. The zero-order chi connectivity index (χ0) is 15.5. The van der Waals surface area contributed by atoms with Gasteiger partial charge in [-0.25, -0.2) is 4.39 Å². The molecule has 0 bridgehead atoms. The van der Waals surface area contributed by atoms with E-state index < -0.39 is 0 Å². The Balaban J connectivity index is 2.06. The van der Waals surface area contributed by atoms with Crippen LogP contribution in [0.3, 0.4) is 0 Å². The van der Waals surface area contributed by atoms with Crippen molar-refractivity contribution < 1.29 is 9.18 Å². The molecule has 0 aliphatic carbocycles. The third-order valence-electron chi connectivity index (χ3n) is 4.95. The summed E-state index contributed by atoms with van der Waals surface area (Å²) in [5.74, 6) is -0.542. The van der Waals surface area contributed by atoms with Gasteiger partial charge in [0.1, 0.15) is 5.82 Å². The van der Waals surface area contributed by atoms with E-state index in [1.54, 1.807) is 19.2 Å². The topological polar surface area (TPSA) is 32.3 Å². The maximum Gasteiger partial charge on any atom is 0.251 e. The van der Waals surface area contributed by atoms with Gasteiger partial charge in [0.15, 0.2) is 0 Å². The molecular formula is C17H25FN2O. The van der Waals surface area contributed by atoms with Gasteiger partial charge < -0.3 is 5.32 Å². The quantitative estimate of drug-likeness (QED) is 0.904. The third-order valence-corrected chi connectivity index (χ3v) is 4.95. The van der Waals surface area contributed by atoms with Crippen LogP contribution in [0.4, 0.5) is 4.39 Å². The Morgan fingerprint density at radius 1 is 1.38 bits per heavy atom. The van der Waals surface area contributed by atoms with Gasteiger partial charge in [-0.05, 0) is 43.4 Å². The summed E-state index contributed by atoms with van der Waals surface area (Å²) in [4.78, 5) is 13.8. The lowest BCUT2D eigenvalue weighted by atomic mass is 9.82. The highest BCUT2D eigenvalue weighted by molar-refractivity contribution is 5.93. The number of halogens is 1. The van der Waals surface area contributed by atoms with Crippen LogP contribution in [0.5, 0.6) is 0 Å². The van der Waals surface area contributed by atoms with Crippen LogP contribution in [0.15, 0.2) is 18.2 Å². The molecule has 4 heteroatoms. The van der Waals surface area contributed by atoms with E-state index in [4.69, 9.17) is 0 Å². The van der Waals surface area contributed by atoms with Crippen molar-refractivity contribution in [1.29, 1.82) is 0 Å². The molecule has 1 aromatic rings. The van der Waals surface area contributed by atoms with Gasteiger partial charge >= 0.3 is 0 Å². The van der Waals surface area contributed by atoms with E-state index in [0.29, 0.717) is 23.1 Å². The van der Waals surface area contributed by atoms with Crippen LogP contribution in [0, 0.1) is 11.2 Å². The highest BCUT2D eigenvalue weighted by atomic mass is 19.1. The predicted molar refractivity (Wildman–Crippen MR) is 82.7 cm³/mol. The van der Waals surface area contributed by atoms with Gasteiger partial charge in [-0.15, -0.1) is 0 Å². The number of carbonyl (C=O) groups is 1. The summed E-state index contributed by atoms with van der Waals surface area (Å²) in [6.07, 6.45) is 3.55. The largest absolute Gasteiger partial charge is 0.355 e. The monoisotopic (exact) mass is 292 g/mol. The molecule has 1 heterocycles. The summed E-state index contributed by atoms with van der Waals surface area (Å²) in [6, 6.07) is 4.76. The molecule has 0 spiro atoms. The number of rotatable bonds is 5. The molecule has 1 amide bonds. The summed E-state index contributed by atoms with van der Waals surface area (Å²) >= 11 is 0. The molecule has 0 unspecified atom stereocenters. The lowest BCUT2D eigenvalue weighted by Gasteiger charge is -2.26. The van der Waals surface area contributed by atoms with Crippen molar-refractivity contribution in [2.45, 2.75) is 39.7 Å². The summed E-state index contributed by atoms with van der Waals surface area (Å²) in [5.41, 5.74) is 1.45. The molecule has 0 radical (unpaired) electrons. The van der Waals surface area contributed by atoms with Crippen molar-refractivity contribution in [3.05, 3.63) is 35.1 Å². The molecule has 1 N–H and O–H groups in total. The van der Waals surface area contributed by atoms with E-state index in [1.807, 2.05) is 0 Å². The fourth-order valence-electron chi connectivity index (χ4n) is 3.19. The van der Waals surface area contributed by atoms with Crippen LogP contribution in [0.25, 0.3) is 0 Å². The molecule has 3 nitrogen and oxygen atoms in total. The summed E-state index contributed by atoms with van der Waals surface area (Å²) in [6.45, 7) is 7.17. The molecule has 21 heavy (non-hydrogen) atoms. The minimum atomic E-state index is -0.290. The molecule has 2 rings (SSSR count). The Kier molecular flexibility index (Phi) is 4.99. The van der Waals surface area contributed by atoms with Gasteiger partial charge in [0, 0.05) is 31.3 Å². The van der Waals surface area contributed by atoms with E-state index in [2.05, 4.69) is 24.1 Å². The van der Waals surface area contributed by atoms with E-state index in [-0.39, 0.29) is 11.7 Å².